The smallest absolute Gasteiger partial charge is 0.0528 e. The molecule has 1 aliphatic heterocycles. The predicted molar refractivity (Wildman–Crippen MR) is 46.6 cm³/mol. The summed E-state index contributed by atoms with van der Waals surface area (Å²) >= 11 is 0. The van der Waals surface area contributed by atoms with Crippen LogP contribution in [0, 0.1) is 5.92 Å². The maximum Gasteiger partial charge on any atom is 0.0528 e. The van der Waals surface area contributed by atoms with Crippen molar-refractivity contribution < 1.29 is 4.74 Å². The zero-order chi connectivity index (χ0) is 7.94. The van der Waals surface area contributed by atoms with Gasteiger partial charge < -0.3 is 10.1 Å². The molecule has 1 unspecified atom stereocenters. The number of hydrogen-bond acceptors (Lipinski definition) is 2. The zero-order valence-electron chi connectivity index (χ0n) is 7.18. The van der Waals surface area contributed by atoms with Gasteiger partial charge in [0, 0.05) is 19.1 Å². The SMILES string of the molecule is CNCC=CC1CCCOC1. The molecule has 0 aromatic rings. The molecule has 1 rings (SSSR count). The molecule has 0 radical (unpaired) electrons. The molecule has 1 saturated heterocycles. The van der Waals surface area contributed by atoms with E-state index in [1.54, 1.807) is 0 Å². The molecule has 0 aromatic heterocycles. The van der Waals surface area contributed by atoms with Gasteiger partial charge in [0.15, 0.2) is 0 Å². The van der Waals surface area contributed by atoms with E-state index in [4.69, 9.17) is 4.74 Å². The van der Waals surface area contributed by atoms with Crippen molar-refractivity contribution in [2.75, 3.05) is 26.8 Å². The average Bonchev–Trinajstić information content (AvgIpc) is 2.07. The minimum atomic E-state index is 0.664. The highest BCUT2D eigenvalue weighted by Crippen LogP contribution is 2.13. The molecule has 2 heteroatoms. The second kappa shape index (κ2) is 5.33. The first-order valence-electron chi connectivity index (χ1n) is 4.32. The number of hydrogen-bond donors (Lipinski definition) is 1. The van der Waals surface area contributed by atoms with E-state index in [2.05, 4.69) is 17.5 Å². The highest BCUT2D eigenvalue weighted by atomic mass is 16.5. The lowest BCUT2D eigenvalue weighted by molar-refractivity contribution is 0.0710. The number of nitrogens with one attached hydrogen (secondary N) is 1. The molecule has 0 aromatic carbocycles. The van der Waals surface area contributed by atoms with Gasteiger partial charge in [-0.3, -0.25) is 0 Å². The quantitative estimate of drug-likeness (QED) is 0.618. The maximum atomic E-state index is 5.34. The fourth-order valence-corrected chi connectivity index (χ4v) is 1.30. The van der Waals surface area contributed by atoms with E-state index >= 15 is 0 Å². The van der Waals surface area contributed by atoms with Gasteiger partial charge in [0.25, 0.3) is 0 Å². The molecule has 0 amide bonds. The minimum Gasteiger partial charge on any atom is -0.381 e. The lowest BCUT2D eigenvalue weighted by Gasteiger charge is -2.18. The first-order chi connectivity index (χ1) is 5.43. The second-order valence-corrected chi connectivity index (χ2v) is 2.96. The number of likely N-dealkylation sites (N-methyl/N-ethyl adjacent to an activating group) is 1. The minimum absolute atomic E-state index is 0.664. The highest BCUT2D eigenvalue weighted by molar-refractivity contribution is 4.90. The van der Waals surface area contributed by atoms with Gasteiger partial charge in [-0.05, 0) is 19.9 Å². The van der Waals surface area contributed by atoms with Crippen LogP contribution in [0.3, 0.4) is 0 Å². The predicted octanol–water partition coefficient (Wildman–Crippen LogP) is 1.19. The van der Waals surface area contributed by atoms with Crippen LogP contribution >= 0.6 is 0 Å². The third-order valence-corrected chi connectivity index (χ3v) is 1.93. The Morgan fingerprint density at radius 1 is 1.64 bits per heavy atom. The van der Waals surface area contributed by atoms with E-state index in [1.807, 2.05) is 7.05 Å². The van der Waals surface area contributed by atoms with E-state index in [9.17, 15) is 0 Å². The molecule has 1 aliphatic rings. The van der Waals surface area contributed by atoms with Crippen LogP contribution in [0.1, 0.15) is 12.8 Å². The maximum absolute atomic E-state index is 5.34. The van der Waals surface area contributed by atoms with Crippen LogP contribution < -0.4 is 5.32 Å². The topological polar surface area (TPSA) is 21.3 Å². The largest absolute Gasteiger partial charge is 0.381 e. The lowest BCUT2D eigenvalue weighted by Crippen LogP contribution is -2.15. The van der Waals surface area contributed by atoms with Crippen LogP contribution in [0.15, 0.2) is 12.2 Å². The Morgan fingerprint density at radius 2 is 2.55 bits per heavy atom. The summed E-state index contributed by atoms with van der Waals surface area (Å²) in [7, 11) is 1.96. The van der Waals surface area contributed by atoms with Crippen molar-refractivity contribution in [1.82, 2.24) is 5.32 Å². The molecule has 1 N–H and O–H groups in total. The first-order valence-corrected chi connectivity index (χ1v) is 4.32. The summed E-state index contributed by atoms with van der Waals surface area (Å²) < 4.78 is 5.34. The third-order valence-electron chi connectivity index (χ3n) is 1.93. The average molecular weight is 155 g/mol. The molecular formula is C9H17NO. The van der Waals surface area contributed by atoms with Gasteiger partial charge in [0.05, 0.1) is 6.61 Å². The molecule has 1 fully saturated rings. The Hall–Kier alpha value is -0.340. The van der Waals surface area contributed by atoms with Gasteiger partial charge in [-0.25, -0.2) is 0 Å². The van der Waals surface area contributed by atoms with E-state index in [-0.39, 0.29) is 0 Å². The fraction of sp³-hybridized carbons (Fsp3) is 0.778. The van der Waals surface area contributed by atoms with Crippen LogP contribution in [0.4, 0.5) is 0 Å². The summed E-state index contributed by atoms with van der Waals surface area (Å²) in [5.74, 6) is 0.664. The van der Waals surface area contributed by atoms with Crippen molar-refractivity contribution in [2.45, 2.75) is 12.8 Å². The zero-order valence-corrected chi connectivity index (χ0v) is 7.18. The van der Waals surface area contributed by atoms with Crippen molar-refractivity contribution >= 4 is 0 Å². The monoisotopic (exact) mass is 155 g/mol. The van der Waals surface area contributed by atoms with Crippen molar-refractivity contribution in [3.05, 3.63) is 12.2 Å². The molecule has 0 spiro atoms. The van der Waals surface area contributed by atoms with E-state index < -0.39 is 0 Å². The van der Waals surface area contributed by atoms with Crippen molar-refractivity contribution in [3.8, 4) is 0 Å². The lowest BCUT2D eigenvalue weighted by atomic mass is 10.0. The van der Waals surface area contributed by atoms with Crippen LogP contribution in [0.2, 0.25) is 0 Å². The van der Waals surface area contributed by atoms with Crippen molar-refractivity contribution in [3.63, 3.8) is 0 Å². The van der Waals surface area contributed by atoms with E-state index in [1.165, 1.54) is 12.8 Å². The molecular weight excluding hydrogens is 138 g/mol. The molecule has 64 valence electrons. The fourth-order valence-electron chi connectivity index (χ4n) is 1.30. The van der Waals surface area contributed by atoms with Gasteiger partial charge in [-0.2, -0.15) is 0 Å². The van der Waals surface area contributed by atoms with Crippen LogP contribution in [-0.4, -0.2) is 26.8 Å². The molecule has 0 aliphatic carbocycles. The Balaban J connectivity index is 2.13. The van der Waals surface area contributed by atoms with Crippen LogP contribution in [-0.2, 0) is 4.74 Å². The van der Waals surface area contributed by atoms with E-state index in [0.29, 0.717) is 5.92 Å². The van der Waals surface area contributed by atoms with Gasteiger partial charge in [-0.15, -0.1) is 0 Å². The van der Waals surface area contributed by atoms with Crippen molar-refractivity contribution in [2.24, 2.45) is 5.92 Å². The first kappa shape index (κ1) is 8.75. The molecule has 1 heterocycles. The summed E-state index contributed by atoms with van der Waals surface area (Å²) in [6, 6.07) is 0. The summed E-state index contributed by atoms with van der Waals surface area (Å²) in [6.07, 6.45) is 6.95. The Morgan fingerprint density at radius 3 is 3.18 bits per heavy atom. The van der Waals surface area contributed by atoms with Crippen LogP contribution in [0.5, 0.6) is 0 Å². The molecule has 2 nitrogen and oxygen atoms in total. The normalized spacial score (nSPS) is 26.1. The van der Waals surface area contributed by atoms with Gasteiger partial charge in [0.1, 0.15) is 0 Å². The molecule has 1 atom stereocenters. The summed E-state index contributed by atoms with van der Waals surface area (Å²) in [5, 5.41) is 3.08. The summed E-state index contributed by atoms with van der Waals surface area (Å²) in [6.45, 7) is 2.84. The van der Waals surface area contributed by atoms with Crippen molar-refractivity contribution in [1.29, 1.82) is 0 Å². The highest BCUT2D eigenvalue weighted by Gasteiger charge is 2.09. The van der Waals surface area contributed by atoms with Gasteiger partial charge >= 0.3 is 0 Å². The molecule has 0 saturated carbocycles. The Kier molecular flexibility index (Phi) is 4.24. The summed E-state index contributed by atoms with van der Waals surface area (Å²) in [5.41, 5.74) is 0. The Bertz CT molecular complexity index is 117. The van der Waals surface area contributed by atoms with Gasteiger partial charge in [-0.1, -0.05) is 12.2 Å². The Labute approximate surface area is 68.6 Å². The van der Waals surface area contributed by atoms with E-state index in [0.717, 1.165) is 19.8 Å². The number of rotatable bonds is 3. The number of ether oxygens (including phenoxy) is 1. The standard InChI is InChI=1S/C9H17NO/c1-10-6-2-4-9-5-3-7-11-8-9/h2,4,9-10H,3,5-8H2,1H3. The third kappa shape index (κ3) is 3.54. The summed E-state index contributed by atoms with van der Waals surface area (Å²) in [4.78, 5) is 0. The van der Waals surface area contributed by atoms with Gasteiger partial charge in [0.2, 0.25) is 0 Å². The molecule has 0 bridgehead atoms. The second-order valence-electron chi connectivity index (χ2n) is 2.96. The molecule has 11 heavy (non-hydrogen) atoms. The van der Waals surface area contributed by atoms with Crippen LogP contribution in [0.25, 0.3) is 0 Å².